The number of carbonyl (C=O) groups excluding carboxylic acids is 1. The van der Waals surface area contributed by atoms with E-state index < -0.39 is 0 Å². The zero-order valence-electron chi connectivity index (χ0n) is 13.7. The van der Waals surface area contributed by atoms with Crippen molar-refractivity contribution < 1.29 is 14.3 Å². The highest BCUT2D eigenvalue weighted by Crippen LogP contribution is 2.20. The standard InChI is InChI=1S/C18H27NO3/c1-3-15-8-5-6-10-17(15)22-13-12-19-11-7-9-16(14-19)18(20)21-4-2/h5-6,8,10,16H,3-4,7,9,11-14H2,1-2H3/t16-/m1/s1. The predicted octanol–water partition coefficient (Wildman–Crippen LogP) is 2.90. The Balaban J connectivity index is 1.78. The van der Waals surface area contributed by atoms with Crippen molar-refractivity contribution in [3.8, 4) is 5.75 Å². The third-order valence-electron chi connectivity index (χ3n) is 4.14. The summed E-state index contributed by atoms with van der Waals surface area (Å²) < 4.78 is 11.1. The molecule has 0 bridgehead atoms. The van der Waals surface area contributed by atoms with E-state index in [2.05, 4.69) is 17.9 Å². The van der Waals surface area contributed by atoms with Gasteiger partial charge in [0, 0.05) is 13.1 Å². The van der Waals surface area contributed by atoms with Gasteiger partial charge in [-0.3, -0.25) is 9.69 Å². The highest BCUT2D eigenvalue weighted by Gasteiger charge is 2.26. The van der Waals surface area contributed by atoms with Gasteiger partial charge in [-0.1, -0.05) is 25.1 Å². The number of aryl methyl sites for hydroxylation is 1. The third-order valence-corrected chi connectivity index (χ3v) is 4.14. The SMILES string of the molecule is CCOC(=O)[C@@H]1CCCN(CCOc2ccccc2CC)C1. The Kier molecular flexibility index (Phi) is 6.72. The fourth-order valence-corrected chi connectivity index (χ4v) is 2.93. The van der Waals surface area contributed by atoms with Gasteiger partial charge in [-0.15, -0.1) is 0 Å². The Morgan fingerprint density at radius 1 is 1.32 bits per heavy atom. The van der Waals surface area contributed by atoms with Crippen molar-refractivity contribution in [2.45, 2.75) is 33.1 Å². The van der Waals surface area contributed by atoms with Gasteiger partial charge in [-0.25, -0.2) is 0 Å². The van der Waals surface area contributed by atoms with E-state index in [0.717, 1.165) is 44.6 Å². The van der Waals surface area contributed by atoms with Crippen LogP contribution in [0.2, 0.25) is 0 Å². The van der Waals surface area contributed by atoms with Gasteiger partial charge in [-0.2, -0.15) is 0 Å². The molecule has 4 nitrogen and oxygen atoms in total. The molecule has 1 saturated heterocycles. The largest absolute Gasteiger partial charge is 0.492 e. The van der Waals surface area contributed by atoms with Crippen LogP contribution in [0.15, 0.2) is 24.3 Å². The molecule has 4 heteroatoms. The molecule has 1 aliphatic heterocycles. The van der Waals surface area contributed by atoms with Crippen LogP contribution < -0.4 is 4.74 Å². The minimum Gasteiger partial charge on any atom is -0.492 e. The summed E-state index contributed by atoms with van der Waals surface area (Å²) in [6.07, 6.45) is 2.97. The lowest BCUT2D eigenvalue weighted by Crippen LogP contribution is -2.41. The molecule has 122 valence electrons. The molecule has 2 rings (SSSR count). The molecule has 1 aliphatic rings. The first-order chi connectivity index (χ1) is 10.7. The Morgan fingerprint density at radius 3 is 2.91 bits per heavy atom. The normalized spacial score (nSPS) is 18.9. The monoisotopic (exact) mass is 305 g/mol. The molecular formula is C18H27NO3. The highest BCUT2D eigenvalue weighted by atomic mass is 16.5. The second kappa shape index (κ2) is 8.79. The van der Waals surface area contributed by atoms with E-state index in [4.69, 9.17) is 9.47 Å². The molecule has 0 amide bonds. The summed E-state index contributed by atoms with van der Waals surface area (Å²) in [7, 11) is 0. The van der Waals surface area contributed by atoms with Crippen molar-refractivity contribution in [2.24, 2.45) is 5.92 Å². The van der Waals surface area contributed by atoms with E-state index in [-0.39, 0.29) is 11.9 Å². The molecule has 22 heavy (non-hydrogen) atoms. The zero-order valence-corrected chi connectivity index (χ0v) is 13.7. The van der Waals surface area contributed by atoms with Crippen LogP contribution in [0.25, 0.3) is 0 Å². The topological polar surface area (TPSA) is 38.8 Å². The number of carbonyl (C=O) groups is 1. The van der Waals surface area contributed by atoms with Crippen LogP contribution in [-0.2, 0) is 16.0 Å². The van der Waals surface area contributed by atoms with Gasteiger partial charge in [0.15, 0.2) is 0 Å². The van der Waals surface area contributed by atoms with E-state index in [1.165, 1.54) is 5.56 Å². The molecule has 1 fully saturated rings. The summed E-state index contributed by atoms with van der Waals surface area (Å²) in [5.41, 5.74) is 1.24. The predicted molar refractivity (Wildman–Crippen MR) is 87.1 cm³/mol. The molecule has 1 atom stereocenters. The van der Waals surface area contributed by atoms with Crippen molar-refractivity contribution in [2.75, 3.05) is 32.8 Å². The number of rotatable bonds is 7. The molecule has 1 heterocycles. The molecule has 0 aromatic heterocycles. The first-order valence-corrected chi connectivity index (χ1v) is 8.34. The molecule has 0 unspecified atom stereocenters. The first kappa shape index (κ1) is 16.8. The van der Waals surface area contributed by atoms with Crippen LogP contribution in [0.1, 0.15) is 32.3 Å². The minimum absolute atomic E-state index is 0.0247. The number of hydrogen-bond acceptors (Lipinski definition) is 4. The lowest BCUT2D eigenvalue weighted by atomic mass is 9.98. The van der Waals surface area contributed by atoms with Gasteiger partial charge in [0.2, 0.25) is 0 Å². The number of hydrogen-bond donors (Lipinski definition) is 0. The van der Waals surface area contributed by atoms with Crippen molar-refractivity contribution in [1.29, 1.82) is 0 Å². The Labute approximate surface area is 133 Å². The fourth-order valence-electron chi connectivity index (χ4n) is 2.93. The second-order valence-corrected chi connectivity index (χ2v) is 5.70. The molecule has 1 aromatic rings. The highest BCUT2D eigenvalue weighted by molar-refractivity contribution is 5.72. The maximum absolute atomic E-state index is 11.8. The third kappa shape index (κ3) is 4.73. The summed E-state index contributed by atoms with van der Waals surface area (Å²) >= 11 is 0. The van der Waals surface area contributed by atoms with Crippen LogP contribution in [-0.4, -0.2) is 43.7 Å². The Bertz CT molecular complexity index is 475. The molecule has 0 saturated carbocycles. The van der Waals surface area contributed by atoms with Crippen LogP contribution in [0.3, 0.4) is 0 Å². The van der Waals surface area contributed by atoms with Crippen LogP contribution in [0.4, 0.5) is 0 Å². The van der Waals surface area contributed by atoms with E-state index in [0.29, 0.717) is 13.2 Å². The summed E-state index contributed by atoms with van der Waals surface area (Å²) in [6.45, 7) is 7.80. The van der Waals surface area contributed by atoms with Gasteiger partial charge in [0.25, 0.3) is 0 Å². The molecular weight excluding hydrogens is 278 g/mol. The number of para-hydroxylation sites is 1. The molecule has 1 aromatic carbocycles. The number of esters is 1. The number of nitrogens with zero attached hydrogens (tertiary/aromatic N) is 1. The molecule has 0 aliphatic carbocycles. The minimum atomic E-state index is -0.0514. The van der Waals surface area contributed by atoms with Gasteiger partial charge in [0.1, 0.15) is 12.4 Å². The van der Waals surface area contributed by atoms with Gasteiger partial charge in [-0.05, 0) is 44.4 Å². The van der Waals surface area contributed by atoms with E-state index in [1.54, 1.807) is 0 Å². The van der Waals surface area contributed by atoms with Crippen molar-refractivity contribution in [3.05, 3.63) is 29.8 Å². The number of ether oxygens (including phenoxy) is 2. The molecule has 0 N–H and O–H groups in total. The van der Waals surface area contributed by atoms with Gasteiger partial charge >= 0.3 is 5.97 Å². The maximum atomic E-state index is 11.8. The van der Waals surface area contributed by atoms with Gasteiger partial charge in [0.05, 0.1) is 12.5 Å². The van der Waals surface area contributed by atoms with Crippen LogP contribution in [0.5, 0.6) is 5.75 Å². The van der Waals surface area contributed by atoms with Crippen molar-refractivity contribution in [1.82, 2.24) is 4.90 Å². The average Bonchev–Trinajstić information content (AvgIpc) is 2.56. The van der Waals surface area contributed by atoms with E-state index in [9.17, 15) is 4.79 Å². The van der Waals surface area contributed by atoms with Crippen molar-refractivity contribution in [3.63, 3.8) is 0 Å². The van der Waals surface area contributed by atoms with E-state index in [1.807, 2.05) is 25.1 Å². The average molecular weight is 305 g/mol. The quantitative estimate of drug-likeness (QED) is 0.726. The van der Waals surface area contributed by atoms with Gasteiger partial charge < -0.3 is 9.47 Å². The summed E-state index contributed by atoms with van der Waals surface area (Å²) in [5.74, 6) is 0.949. The number of likely N-dealkylation sites (tertiary alicyclic amines) is 1. The van der Waals surface area contributed by atoms with Crippen molar-refractivity contribution >= 4 is 5.97 Å². The molecule has 0 radical (unpaired) electrons. The van der Waals surface area contributed by atoms with Crippen LogP contribution in [0, 0.1) is 5.92 Å². The lowest BCUT2D eigenvalue weighted by Gasteiger charge is -2.31. The number of benzene rings is 1. The maximum Gasteiger partial charge on any atom is 0.310 e. The molecule has 0 spiro atoms. The van der Waals surface area contributed by atoms with E-state index >= 15 is 0 Å². The second-order valence-electron chi connectivity index (χ2n) is 5.70. The Morgan fingerprint density at radius 2 is 2.14 bits per heavy atom. The summed E-state index contributed by atoms with van der Waals surface area (Å²) in [4.78, 5) is 14.1. The Hall–Kier alpha value is -1.55. The lowest BCUT2D eigenvalue weighted by molar-refractivity contribution is -0.150. The number of piperidine rings is 1. The zero-order chi connectivity index (χ0) is 15.8. The first-order valence-electron chi connectivity index (χ1n) is 8.34. The smallest absolute Gasteiger partial charge is 0.310 e. The summed E-state index contributed by atoms with van der Waals surface area (Å²) in [6, 6.07) is 8.18. The fraction of sp³-hybridized carbons (Fsp3) is 0.611. The summed E-state index contributed by atoms with van der Waals surface area (Å²) in [5, 5.41) is 0. The van der Waals surface area contributed by atoms with Crippen LogP contribution >= 0.6 is 0 Å².